The normalized spacial score (nSPS) is 10.5. The molecule has 5 nitrogen and oxygen atoms in total. The van der Waals surface area contributed by atoms with Crippen molar-refractivity contribution in [2.75, 3.05) is 12.2 Å². The summed E-state index contributed by atoms with van der Waals surface area (Å²) in [6.07, 6.45) is -0.160. The van der Waals surface area contributed by atoms with Gasteiger partial charge in [-0.05, 0) is 42.7 Å². The summed E-state index contributed by atoms with van der Waals surface area (Å²) in [5.74, 6) is 0.511. The van der Waals surface area contributed by atoms with Crippen LogP contribution in [0.25, 0.3) is 0 Å². The summed E-state index contributed by atoms with van der Waals surface area (Å²) in [5, 5.41) is 11.0. The minimum atomic E-state index is -0.872. The molecular weight excluding hydrogens is 362 g/mol. The van der Waals surface area contributed by atoms with Crippen LogP contribution < -0.4 is 9.80 Å². The van der Waals surface area contributed by atoms with Gasteiger partial charge in [0.15, 0.2) is 0 Å². The van der Waals surface area contributed by atoms with Crippen molar-refractivity contribution in [3.63, 3.8) is 0 Å². The van der Waals surface area contributed by atoms with E-state index in [0.29, 0.717) is 33.5 Å². The molecule has 0 heterocycles. The predicted molar refractivity (Wildman–Crippen MR) is 100 cm³/mol. The molecule has 0 aliphatic rings. The number of carbonyl (C=O) groups is 1. The molecule has 2 rings (SSSR count). The summed E-state index contributed by atoms with van der Waals surface area (Å²) in [5.41, 5.74) is 2.87. The lowest BCUT2D eigenvalue weighted by molar-refractivity contribution is 0.140. The van der Waals surface area contributed by atoms with Gasteiger partial charge in [-0.1, -0.05) is 30.7 Å². The summed E-state index contributed by atoms with van der Waals surface area (Å²) in [7, 11) is 1.20. The second-order valence-corrected chi connectivity index (χ2v) is 6.30. The molecule has 2 aromatic rings. The molecule has 0 saturated carbocycles. The molecule has 0 saturated heterocycles. The topological polar surface area (TPSA) is 59.0 Å². The maximum Gasteiger partial charge on any atom is 0.438 e. The molecule has 25 heavy (non-hydrogen) atoms. The number of hydrogen-bond donors (Lipinski definition) is 2. The summed E-state index contributed by atoms with van der Waals surface area (Å²) < 4.78 is 10.4. The van der Waals surface area contributed by atoms with Crippen LogP contribution in [0.2, 0.25) is 5.02 Å². The summed E-state index contributed by atoms with van der Waals surface area (Å²) in [6, 6.07) is 8.82. The molecule has 0 aliphatic carbocycles. The molecule has 134 valence electrons. The first-order chi connectivity index (χ1) is 11.9. The largest absolute Gasteiger partial charge is 0.487 e. The smallest absolute Gasteiger partial charge is 0.438 e. The van der Waals surface area contributed by atoms with Crippen molar-refractivity contribution in [3.8, 4) is 5.75 Å². The first kappa shape index (κ1) is 19.4. The molecule has 0 fully saturated rings. The van der Waals surface area contributed by atoms with Crippen molar-refractivity contribution >= 4 is 36.0 Å². The SMILES string of the molecule is CCc1cccc(N(O)C(=O)OC)c1COc1cc(C)c(S)cc1Cl. The number of halogens is 1. The van der Waals surface area contributed by atoms with Crippen molar-refractivity contribution in [1.82, 2.24) is 0 Å². The predicted octanol–water partition coefficient (Wildman–Crippen LogP) is 5.04. The van der Waals surface area contributed by atoms with Crippen molar-refractivity contribution in [2.45, 2.75) is 31.8 Å². The Bertz CT molecular complexity index is 782. The lowest BCUT2D eigenvalue weighted by Gasteiger charge is -2.20. The third-order valence-electron chi connectivity index (χ3n) is 3.83. The number of nitrogens with zero attached hydrogens (tertiary/aromatic N) is 1. The number of anilines is 1. The van der Waals surface area contributed by atoms with E-state index >= 15 is 0 Å². The van der Waals surface area contributed by atoms with Crippen LogP contribution >= 0.6 is 24.2 Å². The number of hydrogen-bond acceptors (Lipinski definition) is 5. The zero-order valence-electron chi connectivity index (χ0n) is 14.2. The maximum atomic E-state index is 11.7. The fourth-order valence-corrected chi connectivity index (χ4v) is 2.90. The monoisotopic (exact) mass is 381 g/mol. The Labute approximate surface area is 157 Å². The molecule has 2 aromatic carbocycles. The van der Waals surface area contributed by atoms with Crippen molar-refractivity contribution in [1.29, 1.82) is 0 Å². The van der Waals surface area contributed by atoms with Crippen LogP contribution in [0.3, 0.4) is 0 Å². The zero-order valence-corrected chi connectivity index (χ0v) is 15.9. The molecule has 0 aliphatic heterocycles. The molecule has 0 spiro atoms. The quantitative estimate of drug-likeness (QED) is 0.432. The number of aryl methyl sites for hydroxylation is 2. The Morgan fingerprint density at radius 2 is 2.08 bits per heavy atom. The second-order valence-electron chi connectivity index (χ2n) is 5.41. The van der Waals surface area contributed by atoms with Gasteiger partial charge in [0.2, 0.25) is 0 Å². The van der Waals surface area contributed by atoms with E-state index in [4.69, 9.17) is 16.3 Å². The van der Waals surface area contributed by atoms with E-state index in [-0.39, 0.29) is 6.61 Å². The minimum Gasteiger partial charge on any atom is -0.487 e. The highest BCUT2D eigenvalue weighted by Gasteiger charge is 2.20. The first-order valence-corrected chi connectivity index (χ1v) is 8.51. The van der Waals surface area contributed by atoms with Gasteiger partial charge >= 0.3 is 6.09 Å². The number of hydroxylamine groups is 1. The molecular formula is C18H20ClNO4S. The van der Waals surface area contributed by atoms with Gasteiger partial charge in [-0.25, -0.2) is 4.79 Å². The number of benzene rings is 2. The van der Waals surface area contributed by atoms with Crippen molar-refractivity contribution in [3.05, 3.63) is 52.0 Å². The third-order valence-corrected chi connectivity index (χ3v) is 4.60. The highest BCUT2D eigenvalue weighted by atomic mass is 35.5. The van der Waals surface area contributed by atoms with Crippen LogP contribution in [0.1, 0.15) is 23.6 Å². The van der Waals surface area contributed by atoms with Crippen LogP contribution in [0.15, 0.2) is 35.2 Å². The van der Waals surface area contributed by atoms with Crippen LogP contribution in [0.4, 0.5) is 10.5 Å². The average Bonchev–Trinajstić information content (AvgIpc) is 2.61. The Morgan fingerprint density at radius 3 is 2.72 bits per heavy atom. The highest BCUT2D eigenvalue weighted by molar-refractivity contribution is 7.80. The van der Waals surface area contributed by atoms with Gasteiger partial charge in [-0.15, -0.1) is 12.6 Å². The van der Waals surface area contributed by atoms with Gasteiger partial charge in [-0.2, -0.15) is 5.06 Å². The molecule has 7 heteroatoms. The number of ether oxygens (including phenoxy) is 2. The molecule has 0 radical (unpaired) electrons. The Morgan fingerprint density at radius 1 is 1.36 bits per heavy atom. The van der Waals surface area contributed by atoms with Crippen LogP contribution in [-0.2, 0) is 17.8 Å². The minimum absolute atomic E-state index is 0.137. The number of amides is 1. The maximum absolute atomic E-state index is 11.7. The van der Waals surface area contributed by atoms with E-state index in [1.165, 1.54) is 7.11 Å². The Balaban J connectivity index is 2.35. The van der Waals surface area contributed by atoms with Crippen LogP contribution in [0.5, 0.6) is 5.75 Å². The summed E-state index contributed by atoms with van der Waals surface area (Å²) in [6.45, 7) is 4.03. The fraction of sp³-hybridized carbons (Fsp3) is 0.278. The number of rotatable bonds is 5. The van der Waals surface area contributed by atoms with Crippen LogP contribution in [-0.4, -0.2) is 18.4 Å². The van der Waals surface area contributed by atoms with Crippen molar-refractivity contribution in [2.24, 2.45) is 0 Å². The van der Waals surface area contributed by atoms with E-state index in [1.807, 2.05) is 19.9 Å². The van der Waals surface area contributed by atoms with E-state index < -0.39 is 6.09 Å². The van der Waals surface area contributed by atoms with Crippen molar-refractivity contribution < 1.29 is 19.5 Å². The third kappa shape index (κ3) is 4.39. The van der Waals surface area contributed by atoms with Crippen LogP contribution in [0, 0.1) is 6.92 Å². The molecule has 1 amide bonds. The summed E-state index contributed by atoms with van der Waals surface area (Å²) in [4.78, 5) is 12.4. The van der Waals surface area contributed by atoms with E-state index in [2.05, 4.69) is 17.4 Å². The van der Waals surface area contributed by atoms with Gasteiger partial charge in [0, 0.05) is 10.5 Å². The van der Waals surface area contributed by atoms with Gasteiger partial charge in [0.1, 0.15) is 12.4 Å². The molecule has 0 bridgehead atoms. The number of thiol groups is 1. The lowest BCUT2D eigenvalue weighted by atomic mass is 10.0. The second kappa shape index (κ2) is 8.47. The van der Waals surface area contributed by atoms with Gasteiger partial charge < -0.3 is 9.47 Å². The summed E-state index contributed by atoms with van der Waals surface area (Å²) >= 11 is 10.5. The van der Waals surface area contributed by atoms with E-state index in [1.54, 1.807) is 24.3 Å². The molecule has 0 aromatic heterocycles. The Hall–Kier alpha value is -1.89. The van der Waals surface area contributed by atoms with Gasteiger partial charge in [-0.3, -0.25) is 5.21 Å². The first-order valence-electron chi connectivity index (χ1n) is 7.68. The number of carbonyl (C=O) groups excluding carboxylic acids is 1. The van der Waals surface area contributed by atoms with E-state index in [0.717, 1.165) is 16.0 Å². The van der Waals surface area contributed by atoms with E-state index in [9.17, 15) is 10.0 Å². The fourth-order valence-electron chi connectivity index (χ4n) is 2.41. The number of methoxy groups -OCH3 is 1. The Kier molecular flexibility index (Phi) is 6.58. The standard InChI is InChI=1S/C18H20ClNO4S/c1-4-12-6-5-7-15(20(22)18(21)23-3)13(12)10-24-16-8-11(2)17(25)9-14(16)19/h5-9,22,25H,4,10H2,1-3H3. The lowest BCUT2D eigenvalue weighted by Crippen LogP contribution is -2.28. The molecule has 1 N–H and O–H groups in total. The highest BCUT2D eigenvalue weighted by Crippen LogP contribution is 2.32. The van der Waals surface area contributed by atoms with Gasteiger partial charge in [0.25, 0.3) is 0 Å². The molecule has 0 unspecified atom stereocenters. The van der Waals surface area contributed by atoms with Gasteiger partial charge in [0.05, 0.1) is 17.8 Å². The zero-order chi connectivity index (χ0) is 18.6. The average molecular weight is 382 g/mol. The molecule has 0 atom stereocenters.